The van der Waals surface area contributed by atoms with Gasteiger partial charge in [-0.25, -0.2) is 0 Å². The molecule has 0 bridgehead atoms. The SMILES string of the molecule is CCC1(O)CN(C(=O)c2cc(N)cn2C)C1. The van der Waals surface area contributed by atoms with E-state index in [0.29, 0.717) is 30.9 Å². The number of nitrogen functional groups attached to an aromatic ring is 1. The predicted molar refractivity (Wildman–Crippen MR) is 61.0 cm³/mol. The molecule has 0 saturated carbocycles. The van der Waals surface area contributed by atoms with Crippen LogP contribution in [0.3, 0.4) is 0 Å². The van der Waals surface area contributed by atoms with Gasteiger partial charge in [-0.05, 0) is 12.5 Å². The molecule has 1 aliphatic rings. The number of nitrogens with two attached hydrogens (primary N) is 1. The van der Waals surface area contributed by atoms with Gasteiger partial charge in [0, 0.05) is 13.2 Å². The Balaban J connectivity index is 2.08. The van der Waals surface area contributed by atoms with Gasteiger partial charge in [0.1, 0.15) is 5.69 Å². The molecule has 0 aliphatic carbocycles. The molecule has 0 unspecified atom stereocenters. The van der Waals surface area contributed by atoms with E-state index in [1.54, 1.807) is 28.8 Å². The number of hydrogen-bond donors (Lipinski definition) is 2. The zero-order valence-electron chi connectivity index (χ0n) is 9.60. The molecular formula is C11H17N3O2. The highest BCUT2D eigenvalue weighted by atomic mass is 16.3. The standard InChI is InChI=1S/C11H17N3O2/c1-3-11(16)6-14(7-11)10(15)9-4-8(12)5-13(9)2/h4-5,16H,3,6-7,12H2,1-2H3. The third-order valence-electron chi connectivity index (χ3n) is 3.16. The van der Waals surface area contributed by atoms with Gasteiger partial charge in [0.2, 0.25) is 0 Å². The lowest BCUT2D eigenvalue weighted by molar-refractivity contribution is -0.0829. The Labute approximate surface area is 94.5 Å². The summed E-state index contributed by atoms with van der Waals surface area (Å²) in [6.45, 7) is 2.74. The molecule has 1 fully saturated rings. The molecule has 1 aromatic rings. The molecule has 3 N–H and O–H groups in total. The fourth-order valence-electron chi connectivity index (χ4n) is 2.00. The number of aliphatic hydroxyl groups is 1. The van der Waals surface area contributed by atoms with E-state index in [1.165, 1.54) is 0 Å². The molecule has 1 aromatic heterocycles. The third-order valence-corrected chi connectivity index (χ3v) is 3.16. The summed E-state index contributed by atoms with van der Waals surface area (Å²) in [6.07, 6.45) is 2.38. The number of β-amino-alcohol motifs (C(OH)–C–C–N with tert-alkyl or cyclic N) is 1. The van der Waals surface area contributed by atoms with E-state index in [2.05, 4.69) is 0 Å². The number of carbonyl (C=O) groups excluding carboxylic acids is 1. The first-order chi connectivity index (χ1) is 7.45. The number of hydrogen-bond acceptors (Lipinski definition) is 3. The number of anilines is 1. The smallest absolute Gasteiger partial charge is 0.270 e. The minimum atomic E-state index is -0.688. The molecule has 5 heteroatoms. The lowest BCUT2D eigenvalue weighted by atomic mass is 9.91. The quantitative estimate of drug-likeness (QED) is 0.752. The Hall–Kier alpha value is -1.49. The molecule has 5 nitrogen and oxygen atoms in total. The molecule has 88 valence electrons. The van der Waals surface area contributed by atoms with Crippen LogP contribution in [0.15, 0.2) is 12.3 Å². The van der Waals surface area contributed by atoms with Gasteiger partial charge < -0.3 is 20.3 Å². The molecule has 0 radical (unpaired) electrons. The van der Waals surface area contributed by atoms with Crippen LogP contribution in [0.25, 0.3) is 0 Å². The fraction of sp³-hybridized carbons (Fsp3) is 0.545. The van der Waals surface area contributed by atoms with Crippen LogP contribution in [0.2, 0.25) is 0 Å². The van der Waals surface area contributed by atoms with E-state index in [0.717, 1.165) is 0 Å². The van der Waals surface area contributed by atoms with Crippen LogP contribution in [-0.2, 0) is 7.05 Å². The van der Waals surface area contributed by atoms with Crippen molar-refractivity contribution in [1.82, 2.24) is 9.47 Å². The maximum Gasteiger partial charge on any atom is 0.270 e. The van der Waals surface area contributed by atoms with Gasteiger partial charge in [-0.2, -0.15) is 0 Å². The average Bonchev–Trinajstić information content (AvgIpc) is 2.52. The Morgan fingerprint density at radius 1 is 1.62 bits per heavy atom. The molecule has 2 rings (SSSR count). The lowest BCUT2D eigenvalue weighted by Gasteiger charge is -2.46. The second-order valence-corrected chi connectivity index (χ2v) is 4.51. The minimum absolute atomic E-state index is 0.0719. The first kappa shape index (κ1) is 11.0. The van der Waals surface area contributed by atoms with E-state index < -0.39 is 5.60 Å². The van der Waals surface area contributed by atoms with Gasteiger partial charge in [-0.3, -0.25) is 4.79 Å². The first-order valence-electron chi connectivity index (χ1n) is 5.39. The fourth-order valence-corrected chi connectivity index (χ4v) is 2.00. The van der Waals surface area contributed by atoms with Crippen molar-refractivity contribution < 1.29 is 9.90 Å². The van der Waals surface area contributed by atoms with Crippen LogP contribution < -0.4 is 5.73 Å². The number of aromatic nitrogens is 1. The van der Waals surface area contributed by atoms with Crippen molar-refractivity contribution in [3.8, 4) is 0 Å². The molecule has 1 amide bonds. The van der Waals surface area contributed by atoms with Crippen molar-refractivity contribution >= 4 is 11.6 Å². The monoisotopic (exact) mass is 223 g/mol. The van der Waals surface area contributed by atoms with E-state index in [-0.39, 0.29) is 5.91 Å². The Morgan fingerprint density at radius 3 is 2.69 bits per heavy atom. The molecule has 0 atom stereocenters. The molecule has 16 heavy (non-hydrogen) atoms. The Bertz CT molecular complexity index is 419. The van der Waals surface area contributed by atoms with E-state index >= 15 is 0 Å². The highest BCUT2D eigenvalue weighted by molar-refractivity contribution is 5.94. The average molecular weight is 223 g/mol. The van der Waals surface area contributed by atoms with E-state index in [4.69, 9.17) is 5.73 Å². The summed E-state index contributed by atoms with van der Waals surface area (Å²) in [7, 11) is 1.79. The van der Waals surface area contributed by atoms with Gasteiger partial charge in [0.05, 0.1) is 24.4 Å². The minimum Gasteiger partial charge on any atom is -0.397 e. The molecule has 0 aromatic carbocycles. The van der Waals surface area contributed by atoms with Crippen LogP contribution in [0.1, 0.15) is 23.8 Å². The normalized spacial score (nSPS) is 18.3. The van der Waals surface area contributed by atoms with Gasteiger partial charge >= 0.3 is 0 Å². The number of aryl methyl sites for hydroxylation is 1. The second kappa shape index (κ2) is 3.52. The van der Waals surface area contributed by atoms with Crippen LogP contribution in [0.4, 0.5) is 5.69 Å². The van der Waals surface area contributed by atoms with E-state index in [1.807, 2.05) is 6.92 Å². The maximum atomic E-state index is 12.0. The zero-order chi connectivity index (χ0) is 11.9. The van der Waals surface area contributed by atoms with Crippen molar-refractivity contribution in [1.29, 1.82) is 0 Å². The van der Waals surface area contributed by atoms with Gasteiger partial charge in [-0.1, -0.05) is 6.92 Å². The Kier molecular flexibility index (Phi) is 2.42. The summed E-state index contributed by atoms with van der Waals surface area (Å²) >= 11 is 0. The van der Waals surface area contributed by atoms with Crippen molar-refractivity contribution in [2.24, 2.45) is 7.05 Å². The number of nitrogens with zero attached hydrogens (tertiary/aromatic N) is 2. The zero-order valence-corrected chi connectivity index (χ0v) is 9.60. The number of likely N-dealkylation sites (tertiary alicyclic amines) is 1. The number of amides is 1. The van der Waals surface area contributed by atoms with E-state index in [9.17, 15) is 9.90 Å². The molecular weight excluding hydrogens is 206 g/mol. The maximum absolute atomic E-state index is 12.0. The van der Waals surface area contributed by atoms with Crippen LogP contribution >= 0.6 is 0 Å². The van der Waals surface area contributed by atoms with Crippen molar-refractivity contribution in [3.63, 3.8) is 0 Å². The topological polar surface area (TPSA) is 71.5 Å². The first-order valence-corrected chi connectivity index (χ1v) is 5.39. The number of rotatable bonds is 2. The van der Waals surface area contributed by atoms with Crippen LogP contribution in [-0.4, -0.2) is 39.2 Å². The highest BCUT2D eigenvalue weighted by Gasteiger charge is 2.42. The summed E-state index contributed by atoms with van der Waals surface area (Å²) in [6, 6.07) is 1.66. The summed E-state index contributed by atoms with van der Waals surface area (Å²) in [4.78, 5) is 13.6. The Morgan fingerprint density at radius 2 is 2.25 bits per heavy atom. The molecule has 1 aliphatic heterocycles. The molecule has 0 spiro atoms. The summed E-state index contributed by atoms with van der Waals surface area (Å²) in [5.74, 6) is -0.0719. The van der Waals surface area contributed by atoms with Crippen molar-refractivity contribution in [2.45, 2.75) is 18.9 Å². The second-order valence-electron chi connectivity index (χ2n) is 4.51. The van der Waals surface area contributed by atoms with Crippen LogP contribution in [0, 0.1) is 0 Å². The van der Waals surface area contributed by atoms with Crippen molar-refractivity contribution in [2.75, 3.05) is 18.8 Å². The third kappa shape index (κ3) is 1.67. The number of carbonyl (C=O) groups is 1. The molecule has 2 heterocycles. The van der Waals surface area contributed by atoms with Gasteiger partial charge in [0.15, 0.2) is 0 Å². The highest BCUT2D eigenvalue weighted by Crippen LogP contribution is 2.26. The van der Waals surface area contributed by atoms with Gasteiger partial charge in [-0.15, -0.1) is 0 Å². The van der Waals surface area contributed by atoms with Crippen LogP contribution in [0.5, 0.6) is 0 Å². The lowest BCUT2D eigenvalue weighted by Crippen LogP contribution is -2.63. The summed E-state index contributed by atoms with van der Waals surface area (Å²) in [5, 5.41) is 9.83. The molecule has 1 saturated heterocycles. The van der Waals surface area contributed by atoms with Gasteiger partial charge in [0.25, 0.3) is 5.91 Å². The largest absolute Gasteiger partial charge is 0.397 e. The summed E-state index contributed by atoms with van der Waals surface area (Å²) in [5.41, 5.74) is 6.07. The summed E-state index contributed by atoms with van der Waals surface area (Å²) < 4.78 is 1.71. The van der Waals surface area contributed by atoms with Crippen molar-refractivity contribution in [3.05, 3.63) is 18.0 Å². The predicted octanol–water partition coefficient (Wildman–Crippen LogP) is 0.204.